The fraction of sp³-hybridized carbons (Fsp3) is 0.750. The monoisotopic (exact) mass is 249 g/mol. The third kappa shape index (κ3) is 5.13. The van der Waals surface area contributed by atoms with Gasteiger partial charge in [-0.2, -0.15) is 10.5 Å². The van der Waals surface area contributed by atoms with E-state index in [0.29, 0.717) is 32.5 Å². The maximum Gasteiger partial charge on any atom is 0.236 e. The number of nitrogens with one attached hydrogen (secondary N) is 1. The van der Waals surface area contributed by atoms with E-state index in [4.69, 9.17) is 10.5 Å². The number of carbonyl (C=O) groups is 1. The van der Waals surface area contributed by atoms with Crippen molar-refractivity contribution in [2.75, 3.05) is 45.8 Å². The van der Waals surface area contributed by atoms with Gasteiger partial charge in [0.2, 0.25) is 5.91 Å². The Hall–Kier alpha value is -1.63. The maximum absolute atomic E-state index is 12.1. The number of hydrogen-bond acceptors (Lipinski definition) is 5. The maximum atomic E-state index is 12.1. The summed E-state index contributed by atoms with van der Waals surface area (Å²) in [5, 5.41) is 20.4. The van der Waals surface area contributed by atoms with Crippen LogP contribution in [0.5, 0.6) is 0 Å². The van der Waals surface area contributed by atoms with Crippen LogP contribution in [0.25, 0.3) is 0 Å². The predicted molar refractivity (Wildman–Crippen MR) is 66.3 cm³/mol. The van der Waals surface area contributed by atoms with E-state index in [1.54, 1.807) is 4.90 Å². The fourth-order valence-corrected chi connectivity index (χ4v) is 1.89. The minimum absolute atomic E-state index is 0.0161. The summed E-state index contributed by atoms with van der Waals surface area (Å²) in [6, 6.07) is 4.07. The molecule has 98 valence electrons. The lowest BCUT2D eigenvalue weighted by atomic mass is 10.3. The normalized spacial score (nSPS) is 15.7. The molecule has 18 heavy (non-hydrogen) atoms. The molecular formula is C12H19N5O. The molecule has 0 spiro atoms. The molecule has 6 heteroatoms. The molecule has 0 saturated carbocycles. The highest BCUT2D eigenvalue weighted by molar-refractivity contribution is 5.78. The van der Waals surface area contributed by atoms with Crippen molar-refractivity contribution in [3.8, 4) is 12.1 Å². The molecule has 0 unspecified atom stereocenters. The number of nitrogens with zero attached hydrogens (tertiary/aromatic N) is 4. The molecule has 0 atom stereocenters. The zero-order valence-electron chi connectivity index (χ0n) is 10.6. The molecule has 1 N–H and O–H groups in total. The van der Waals surface area contributed by atoms with Crippen molar-refractivity contribution in [3.63, 3.8) is 0 Å². The van der Waals surface area contributed by atoms with Crippen molar-refractivity contribution < 1.29 is 4.79 Å². The van der Waals surface area contributed by atoms with Gasteiger partial charge in [-0.3, -0.25) is 9.69 Å². The van der Waals surface area contributed by atoms with Crippen LogP contribution < -0.4 is 5.32 Å². The molecule has 1 saturated heterocycles. The molecule has 0 aromatic rings. The molecule has 0 bridgehead atoms. The summed E-state index contributed by atoms with van der Waals surface area (Å²) in [6.07, 6.45) is 0.636. The average molecular weight is 249 g/mol. The van der Waals surface area contributed by atoms with Crippen LogP contribution in [-0.2, 0) is 4.79 Å². The zero-order valence-corrected chi connectivity index (χ0v) is 10.6. The SMILES string of the molecule is N#CCCN(CCC#N)C(=O)CN1CCNCC1. The summed E-state index contributed by atoms with van der Waals surface area (Å²) in [6.45, 7) is 4.78. The second kappa shape index (κ2) is 8.46. The van der Waals surface area contributed by atoms with E-state index in [1.165, 1.54) is 0 Å². The molecular weight excluding hydrogens is 230 g/mol. The predicted octanol–water partition coefficient (Wildman–Crippen LogP) is -0.452. The van der Waals surface area contributed by atoms with Crippen LogP contribution in [0.3, 0.4) is 0 Å². The first-order valence-corrected chi connectivity index (χ1v) is 6.22. The molecule has 0 aromatic heterocycles. The van der Waals surface area contributed by atoms with E-state index >= 15 is 0 Å². The summed E-state index contributed by atoms with van der Waals surface area (Å²) >= 11 is 0. The summed E-state index contributed by atoms with van der Waals surface area (Å²) in [5.41, 5.74) is 0. The first-order chi connectivity index (χ1) is 8.77. The Morgan fingerprint density at radius 3 is 2.22 bits per heavy atom. The fourth-order valence-electron chi connectivity index (χ4n) is 1.89. The van der Waals surface area contributed by atoms with Gasteiger partial charge in [0.1, 0.15) is 0 Å². The molecule has 1 aliphatic heterocycles. The Morgan fingerprint density at radius 1 is 1.17 bits per heavy atom. The van der Waals surface area contributed by atoms with Gasteiger partial charge < -0.3 is 10.2 Å². The van der Waals surface area contributed by atoms with E-state index in [0.717, 1.165) is 26.2 Å². The van der Waals surface area contributed by atoms with Crippen LogP contribution in [0.2, 0.25) is 0 Å². The van der Waals surface area contributed by atoms with E-state index in [2.05, 4.69) is 10.2 Å². The lowest BCUT2D eigenvalue weighted by Crippen LogP contribution is -2.48. The Kier molecular flexibility index (Phi) is 6.78. The van der Waals surface area contributed by atoms with Crippen molar-refractivity contribution in [1.82, 2.24) is 15.1 Å². The lowest BCUT2D eigenvalue weighted by molar-refractivity contribution is -0.132. The third-order valence-corrected chi connectivity index (χ3v) is 2.91. The first-order valence-electron chi connectivity index (χ1n) is 6.22. The minimum atomic E-state index is 0.0161. The molecule has 1 fully saturated rings. The Balaban J connectivity index is 2.41. The molecule has 0 aromatic carbocycles. The highest BCUT2D eigenvalue weighted by atomic mass is 16.2. The van der Waals surface area contributed by atoms with E-state index in [1.807, 2.05) is 12.1 Å². The van der Waals surface area contributed by atoms with Gasteiger partial charge >= 0.3 is 0 Å². The summed E-state index contributed by atoms with van der Waals surface area (Å²) in [5.74, 6) is 0.0161. The number of carbonyl (C=O) groups excluding carboxylic acids is 1. The molecule has 1 amide bonds. The topological polar surface area (TPSA) is 83.2 Å². The number of nitriles is 2. The largest absolute Gasteiger partial charge is 0.340 e. The van der Waals surface area contributed by atoms with Gasteiger partial charge in [-0.05, 0) is 0 Å². The van der Waals surface area contributed by atoms with Crippen LogP contribution in [0, 0.1) is 22.7 Å². The van der Waals surface area contributed by atoms with Crippen LogP contribution in [-0.4, -0.2) is 61.5 Å². The number of rotatable bonds is 6. The smallest absolute Gasteiger partial charge is 0.236 e. The van der Waals surface area contributed by atoms with Crippen molar-refractivity contribution in [2.45, 2.75) is 12.8 Å². The average Bonchev–Trinajstić information content (AvgIpc) is 2.40. The van der Waals surface area contributed by atoms with Gasteiger partial charge in [0.25, 0.3) is 0 Å². The molecule has 1 heterocycles. The van der Waals surface area contributed by atoms with Crippen molar-refractivity contribution >= 4 is 5.91 Å². The third-order valence-electron chi connectivity index (χ3n) is 2.91. The van der Waals surface area contributed by atoms with Crippen molar-refractivity contribution in [2.24, 2.45) is 0 Å². The van der Waals surface area contributed by atoms with Gasteiger partial charge in [-0.15, -0.1) is 0 Å². The van der Waals surface area contributed by atoms with Gasteiger partial charge in [-0.1, -0.05) is 0 Å². The van der Waals surface area contributed by atoms with Gasteiger partial charge in [0, 0.05) is 39.3 Å². The summed E-state index contributed by atoms with van der Waals surface area (Å²) in [7, 11) is 0. The molecule has 0 aliphatic carbocycles. The molecule has 0 radical (unpaired) electrons. The van der Waals surface area contributed by atoms with Crippen molar-refractivity contribution in [1.29, 1.82) is 10.5 Å². The first kappa shape index (κ1) is 14.4. The highest BCUT2D eigenvalue weighted by Crippen LogP contribution is 1.99. The lowest BCUT2D eigenvalue weighted by Gasteiger charge is -2.29. The summed E-state index contributed by atoms with van der Waals surface area (Å²) in [4.78, 5) is 15.8. The summed E-state index contributed by atoms with van der Waals surface area (Å²) < 4.78 is 0. The minimum Gasteiger partial charge on any atom is -0.340 e. The van der Waals surface area contributed by atoms with Crippen LogP contribution in [0.15, 0.2) is 0 Å². The molecule has 1 rings (SSSR count). The van der Waals surface area contributed by atoms with Crippen molar-refractivity contribution in [3.05, 3.63) is 0 Å². The van der Waals surface area contributed by atoms with Crippen LogP contribution >= 0.6 is 0 Å². The Bertz CT molecular complexity index is 319. The van der Waals surface area contributed by atoms with E-state index < -0.39 is 0 Å². The highest BCUT2D eigenvalue weighted by Gasteiger charge is 2.18. The second-order valence-corrected chi connectivity index (χ2v) is 4.22. The zero-order chi connectivity index (χ0) is 13.2. The standard InChI is InChI=1S/C12H19N5O/c13-3-1-7-17(8-2-4-14)12(18)11-16-9-5-15-6-10-16/h15H,1-2,5-11H2. The van der Waals surface area contributed by atoms with Gasteiger partial charge in [0.15, 0.2) is 0 Å². The van der Waals surface area contributed by atoms with E-state index in [9.17, 15) is 4.79 Å². The van der Waals surface area contributed by atoms with E-state index in [-0.39, 0.29) is 5.91 Å². The van der Waals surface area contributed by atoms with Crippen LogP contribution in [0.4, 0.5) is 0 Å². The number of amides is 1. The number of piperazine rings is 1. The van der Waals surface area contributed by atoms with Crippen LogP contribution in [0.1, 0.15) is 12.8 Å². The Morgan fingerprint density at radius 2 is 1.72 bits per heavy atom. The van der Waals surface area contributed by atoms with Gasteiger partial charge in [-0.25, -0.2) is 0 Å². The molecule has 6 nitrogen and oxygen atoms in total. The number of hydrogen-bond donors (Lipinski definition) is 1. The molecule has 1 aliphatic rings. The quantitative estimate of drug-likeness (QED) is 0.689. The second-order valence-electron chi connectivity index (χ2n) is 4.22. The Labute approximate surface area is 108 Å². The van der Waals surface area contributed by atoms with Gasteiger partial charge in [0.05, 0.1) is 31.5 Å².